The summed E-state index contributed by atoms with van der Waals surface area (Å²) in [6.45, 7) is 8.48. The highest BCUT2D eigenvalue weighted by atomic mass is 16.5. The molecule has 4 rings (SSSR count). The van der Waals surface area contributed by atoms with E-state index in [4.69, 9.17) is 4.52 Å². The SMILES string of the molecule is Cc1ccn(-c2cc(N3CCN(Cc4cc(C)on4)CC3)ncn2)n1. The number of piperazine rings is 1. The van der Waals surface area contributed by atoms with Crippen LogP contribution in [-0.4, -0.2) is 56.0 Å². The van der Waals surface area contributed by atoms with Crippen molar-refractivity contribution in [2.75, 3.05) is 31.1 Å². The average Bonchev–Trinajstić information content (AvgIpc) is 3.24. The smallest absolute Gasteiger partial charge is 0.158 e. The van der Waals surface area contributed by atoms with Crippen LogP contribution in [-0.2, 0) is 6.54 Å². The van der Waals surface area contributed by atoms with Crippen molar-refractivity contribution in [3.8, 4) is 5.82 Å². The van der Waals surface area contributed by atoms with Gasteiger partial charge in [0.15, 0.2) is 5.82 Å². The van der Waals surface area contributed by atoms with Crippen LogP contribution in [0.15, 0.2) is 35.2 Å². The summed E-state index contributed by atoms with van der Waals surface area (Å²) in [6, 6.07) is 5.95. The van der Waals surface area contributed by atoms with Crippen LogP contribution in [0.1, 0.15) is 17.1 Å². The molecule has 3 aromatic rings. The van der Waals surface area contributed by atoms with Gasteiger partial charge in [-0.1, -0.05) is 5.16 Å². The van der Waals surface area contributed by atoms with Gasteiger partial charge < -0.3 is 9.42 Å². The van der Waals surface area contributed by atoms with Gasteiger partial charge in [0.2, 0.25) is 0 Å². The Morgan fingerprint density at radius 1 is 1.04 bits per heavy atom. The Kier molecular flexibility index (Phi) is 4.19. The number of nitrogens with zero attached hydrogens (tertiary/aromatic N) is 7. The molecule has 0 aromatic carbocycles. The molecule has 25 heavy (non-hydrogen) atoms. The predicted octanol–water partition coefficient (Wildman–Crippen LogP) is 1.59. The van der Waals surface area contributed by atoms with Crippen LogP contribution < -0.4 is 4.90 Å². The minimum absolute atomic E-state index is 0.790. The quantitative estimate of drug-likeness (QED) is 0.714. The highest BCUT2D eigenvalue weighted by Gasteiger charge is 2.19. The molecule has 0 amide bonds. The summed E-state index contributed by atoms with van der Waals surface area (Å²) in [5.41, 5.74) is 1.96. The van der Waals surface area contributed by atoms with Crippen LogP contribution in [0.5, 0.6) is 0 Å². The maximum atomic E-state index is 5.14. The second kappa shape index (κ2) is 6.64. The molecule has 8 heteroatoms. The zero-order chi connectivity index (χ0) is 17.2. The number of rotatable bonds is 4. The van der Waals surface area contributed by atoms with Crippen molar-refractivity contribution < 1.29 is 4.52 Å². The van der Waals surface area contributed by atoms with Crippen LogP contribution in [0.2, 0.25) is 0 Å². The van der Waals surface area contributed by atoms with Crippen molar-refractivity contribution in [3.63, 3.8) is 0 Å². The molecule has 130 valence electrons. The molecule has 8 nitrogen and oxygen atoms in total. The van der Waals surface area contributed by atoms with Gasteiger partial charge in [-0.25, -0.2) is 14.6 Å². The lowest BCUT2D eigenvalue weighted by molar-refractivity contribution is 0.241. The Bertz CT molecular complexity index is 848. The standard InChI is InChI=1S/C17H21N7O/c1-13-3-4-24(20-13)17-10-16(18-12-19-17)23-7-5-22(6-8-23)11-15-9-14(2)25-21-15/h3-4,9-10,12H,5-8,11H2,1-2H3. The van der Waals surface area contributed by atoms with Gasteiger partial charge in [-0.15, -0.1) is 0 Å². The minimum atomic E-state index is 0.790. The summed E-state index contributed by atoms with van der Waals surface area (Å²) in [5, 5.41) is 8.49. The summed E-state index contributed by atoms with van der Waals surface area (Å²) in [6.07, 6.45) is 3.52. The van der Waals surface area contributed by atoms with Crippen molar-refractivity contribution in [2.24, 2.45) is 0 Å². The summed E-state index contributed by atoms with van der Waals surface area (Å²) < 4.78 is 6.92. The maximum Gasteiger partial charge on any atom is 0.158 e. The van der Waals surface area contributed by atoms with Crippen LogP contribution in [0.25, 0.3) is 5.82 Å². The molecule has 0 unspecified atom stereocenters. The predicted molar refractivity (Wildman–Crippen MR) is 92.6 cm³/mol. The molecule has 0 atom stereocenters. The van der Waals surface area contributed by atoms with E-state index in [2.05, 4.69) is 30.0 Å². The van der Waals surface area contributed by atoms with Crippen LogP contribution in [0.3, 0.4) is 0 Å². The Hall–Kier alpha value is -2.74. The van der Waals surface area contributed by atoms with E-state index in [1.807, 2.05) is 38.2 Å². The summed E-state index contributed by atoms with van der Waals surface area (Å²) >= 11 is 0. The minimum Gasteiger partial charge on any atom is -0.361 e. The van der Waals surface area contributed by atoms with E-state index in [9.17, 15) is 0 Å². The normalized spacial score (nSPS) is 15.7. The zero-order valence-electron chi connectivity index (χ0n) is 14.5. The fraction of sp³-hybridized carbons (Fsp3) is 0.412. The Labute approximate surface area is 146 Å². The topological polar surface area (TPSA) is 76.1 Å². The van der Waals surface area contributed by atoms with Gasteiger partial charge in [-0.3, -0.25) is 4.90 Å². The molecule has 1 saturated heterocycles. The van der Waals surface area contributed by atoms with Gasteiger partial charge in [0.25, 0.3) is 0 Å². The lowest BCUT2D eigenvalue weighted by Gasteiger charge is -2.34. The van der Waals surface area contributed by atoms with Crippen LogP contribution >= 0.6 is 0 Å². The average molecular weight is 339 g/mol. The third kappa shape index (κ3) is 3.53. The Morgan fingerprint density at radius 2 is 1.84 bits per heavy atom. The lowest BCUT2D eigenvalue weighted by Crippen LogP contribution is -2.46. The molecule has 0 radical (unpaired) electrons. The van der Waals surface area contributed by atoms with E-state index in [0.717, 1.165) is 61.5 Å². The van der Waals surface area contributed by atoms with Crippen molar-refractivity contribution in [1.29, 1.82) is 0 Å². The second-order valence-electron chi connectivity index (χ2n) is 6.33. The van der Waals surface area contributed by atoms with Gasteiger partial charge >= 0.3 is 0 Å². The van der Waals surface area contributed by atoms with Gasteiger partial charge in [0, 0.05) is 51.1 Å². The van der Waals surface area contributed by atoms with E-state index >= 15 is 0 Å². The van der Waals surface area contributed by atoms with Crippen molar-refractivity contribution in [2.45, 2.75) is 20.4 Å². The van der Waals surface area contributed by atoms with Crippen LogP contribution in [0, 0.1) is 13.8 Å². The highest BCUT2D eigenvalue weighted by Crippen LogP contribution is 2.17. The monoisotopic (exact) mass is 339 g/mol. The van der Waals surface area contributed by atoms with Gasteiger partial charge in [0.05, 0.1) is 11.4 Å². The molecule has 0 bridgehead atoms. The fourth-order valence-corrected chi connectivity index (χ4v) is 3.03. The first-order valence-corrected chi connectivity index (χ1v) is 8.41. The molecule has 0 saturated carbocycles. The number of aromatic nitrogens is 5. The van der Waals surface area contributed by atoms with E-state index < -0.39 is 0 Å². The van der Waals surface area contributed by atoms with Gasteiger partial charge in [0.1, 0.15) is 17.9 Å². The first-order chi connectivity index (χ1) is 12.2. The van der Waals surface area contributed by atoms with Crippen LogP contribution in [0.4, 0.5) is 5.82 Å². The first kappa shape index (κ1) is 15.8. The number of hydrogen-bond acceptors (Lipinski definition) is 7. The molecule has 1 aliphatic rings. The Balaban J connectivity index is 1.40. The summed E-state index contributed by atoms with van der Waals surface area (Å²) in [7, 11) is 0. The van der Waals surface area contributed by atoms with Gasteiger partial charge in [-0.05, 0) is 19.9 Å². The molecule has 1 fully saturated rings. The largest absolute Gasteiger partial charge is 0.361 e. The molecule has 0 aliphatic carbocycles. The van der Waals surface area contributed by atoms with Crippen molar-refractivity contribution >= 4 is 5.82 Å². The van der Waals surface area contributed by atoms with E-state index in [1.54, 1.807) is 11.0 Å². The summed E-state index contributed by atoms with van der Waals surface area (Å²) in [4.78, 5) is 13.4. The number of hydrogen-bond donors (Lipinski definition) is 0. The molecular formula is C17H21N7O. The summed E-state index contributed by atoms with van der Waals surface area (Å²) in [5.74, 6) is 2.59. The fourth-order valence-electron chi connectivity index (χ4n) is 3.03. The number of anilines is 1. The highest BCUT2D eigenvalue weighted by molar-refractivity contribution is 5.43. The molecule has 1 aliphatic heterocycles. The molecule has 3 aromatic heterocycles. The second-order valence-corrected chi connectivity index (χ2v) is 6.33. The van der Waals surface area contributed by atoms with E-state index in [1.165, 1.54) is 0 Å². The third-order valence-corrected chi connectivity index (χ3v) is 4.35. The zero-order valence-corrected chi connectivity index (χ0v) is 14.5. The van der Waals surface area contributed by atoms with Crippen molar-refractivity contribution in [3.05, 3.63) is 47.9 Å². The number of aryl methyl sites for hydroxylation is 2. The van der Waals surface area contributed by atoms with Crippen molar-refractivity contribution in [1.82, 2.24) is 29.8 Å². The van der Waals surface area contributed by atoms with E-state index in [0.29, 0.717) is 0 Å². The molecule has 0 spiro atoms. The van der Waals surface area contributed by atoms with Gasteiger partial charge in [-0.2, -0.15) is 5.10 Å². The molecular weight excluding hydrogens is 318 g/mol. The first-order valence-electron chi connectivity index (χ1n) is 8.41. The molecule has 4 heterocycles. The lowest BCUT2D eigenvalue weighted by atomic mass is 10.2. The van der Waals surface area contributed by atoms with E-state index in [-0.39, 0.29) is 0 Å². The third-order valence-electron chi connectivity index (χ3n) is 4.35. The Morgan fingerprint density at radius 3 is 2.52 bits per heavy atom. The molecule has 0 N–H and O–H groups in total. The maximum absolute atomic E-state index is 5.14.